The van der Waals surface area contributed by atoms with Crippen molar-refractivity contribution < 1.29 is 23.9 Å². The number of alkyl carbamates (subject to hydrolysis) is 1. The third kappa shape index (κ3) is 7.85. The lowest BCUT2D eigenvalue weighted by Crippen LogP contribution is -2.47. The number of nitrogens with zero attached hydrogens (tertiary/aromatic N) is 1. The van der Waals surface area contributed by atoms with Crippen LogP contribution in [-0.4, -0.2) is 54.3 Å². The molecule has 8 heteroatoms. The van der Waals surface area contributed by atoms with E-state index in [4.69, 9.17) is 9.47 Å². The minimum atomic E-state index is -0.567. The van der Waals surface area contributed by atoms with E-state index < -0.39 is 11.7 Å². The summed E-state index contributed by atoms with van der Waals surface area (Å²) >= 11 is 0. The van der Waals surface area contributed by atoms with Crippen LogP contribution in [0.5, 0.6) is 5.75 Å². The Kier molecular flexibility index (Phi) is 7.66. The second kappa shape index (κ2) is 9.96. The molecule has 8 nitrogen and oxygen atoms in total. The van der Waals surface area contributed by atoms with E-state index in [1.165, 1.54) is 0 Å². The molecule has 1 fully saturated rings. The molecule has 1 aliphatic rings. The molecule has 1 aromatic carbocycles. The van der Waals surface area contributed by atoms with Crippen LogP contribution in [0.15, 0.2) is 30.3 Å². The van der Waals surface area contributed by atoms with Crippen LogP contribution in [0, 0.1) is 0 Å². The normalized spacial score (nSPS) is 14.9. The molecule has 1 aromatic rings. The van der Waals surface area contributed by atoms with Crippen LogP contribution in [0.2, 0.25) is 0 Å². The zero-order chi connectivity index (χ0) is 20.6. The third-order valence-electron chi connectivity index (χ3n) is 4.09. The average molecular weight is 391 g/mol. The first-order valence-corrected chi connectivity index (χ1v) is 9.51. The lowest BCUT2D eigenvalue weighted by atomic mass is 10.1. The van der Waals surface area contributed by atoms with Crippen molar-refractivity contribution >= 4 is 18.1 Å². The molecule has 2 N–H and O–H groups in total. The van der Waals surface area contributed by atoms with Crippen molar-refractivity contribution in [2.45, 2.75) is 51.7 Å². The highest BCUT2D eigenvalue weighted by Gasteiger charge is 2.25. The summed E-state index contributed by atoms with van der Waals surface area (Å²) in [6.07, 6.45) is 0.586. The van der Waals surface area contributed by atoms with Crippen molar-refractivity contribution in [2.24, 2.45) is 0 Å². The molecule has 0 spiro atoms. The number of carbonyl (C=O) groups excluding carboxylic acids is 3. The number of likely N-dealkylation sites (tertiary alicyclic amines) is 1. The first-order chi connectivity index (χ1) is 13.2. The SMILES string of the molecule is CC(C)(C)OC(=O)NCCC(=O)NC1CCN(C(=O)Oc2ccccc2)CC1. The van der Waals surface area contributed by atoms with E-state index in [2.05, 4.69) is 10.6 Å². The van der Waals surface area contributed by atoms with Gasteiger partial charge in [-0.25, -0.2) is 9.59 Å². The second-order valence-electron chi connectivity index (χ2n) is 7.69. The van der Waals surface area contributed by atoms with E-state index in [-0.39, 0.29) is 31.0 Å². The number of amides is 3. The van der Waals surface area contributed by atoms with Gasteiger partial charge in [0.15, 0.2) is 0 Å². The molecule has 1 saturated heterocycles. The van der Waals surface area contributed by atoms with Crippen LogP contribution >= 0.6 is 0 Å². The van der Waals surface area contributed by atoms with Crippen molar-refractivity contribution in [3.8, 4) is 5.75 Å². The molecule has 154 valence electrons. The van der Waals surface area contributed by atoms with E-state index in [1.807, 2.05) is 18.2 Å². The average Bonchev–Trinajstić information content (AvgIpc) is 2.61. The highest BCUT2D eigenvalue weighted by atomic mass is 16.6. The van der Waals surface area contributed by atoms with E-state index in [9.17, 15) is 14.4 Å². The number of para-hydroxylation sites is 1. The largest absolute Gasteiger partial charge is 0.444 e. The summed E-state index contributed by atoms with van der Waals surface area (Å²) in [6, 6.07) is 8.94. The predicted octanol–water partition coefficient (Wildman–Crippen LogP) is 2.68. The Morgan fingerprint density at radius 3 is 2.36 bits per heavy atom. The fraction of sp³-hybridized carbons (Fsp3) is 0.550. The third-order valence-corrected chi connectivity index (χ3v) is 4.09. The first kappa shape index (κ1) is 21.5. The quantitative estimate of drug-likeness (QED) is 0.804. The molecule has 3 amide bonds. The number of hydrogen-bond acceptors (Lipinski definition) is 5. The molecule has 1 aliphatic heterocycles. The highest BCUT2D eigenvalue weighted by Crippen LogP contribution is 2.15. The Labute approximate surface area is 165 Å². The molecule has 0 saturated carbocycles. The number of rotatable bonds is 5. The fourth-order valence-electron chi connectivity index (χ4n) is 2.75. The Balaban J connectivity index is 1.63. The van der Waals surface area contributed by atoms with Crippen molar-refractivity contribution in [3.63, 3.8) is 0 Å². The van der Waals surface area contributed by atoms with Gasteiger partial charge in [-0.2, -0.15) is 0 Å². The van der Waals surface area contributed by atoms with Gasteiger partial charge < -0.3 is 25.0 Å². The van der Waals surface area contributed by atoms with Gasteiger partial charge in [0.2, 0.25) is 5.91 Å². The molecule has 0 atom stereocenters. The summed E-state index contributed by atoms with van der Waals surface area (Å²) in [4.78, 5) is 37.4. The molecule has 0 aromatic heterocycles. The van der Waals surface area contributed by atoms with Crippen molar-refractivity contribution in [1.29, 1.82) is 0 Å². The standard InChI is InChI=1S/C20H29N3O5/c1-20(2,3)28-18(25)21-12-9-17(24)22-15-10-13-23(14-11-15)19(26)27-16-7-5-4-6-8-16/h4-8,15H,9-14H2,1-3H3,(H,21,25)(H,22,24). The van der Waals surface area contributed by atoms with Gasteiger partial charge in [-0.3, -0.25) is 4.79 Å². The Hall–Kier alpha value is -2.77. The van der Waals surface area contributed by atoms with Gasteiger partial charge in [-0.15, -0.1) is 0 Å². The molecule has 0 bridgehead atoms. The Bertz CT molecular complexity index is 664. The number of piperidine rings is 1. The molecule has 1 heterocycles. The monoisotopic (exact) mass is 391 g/mol. The summed E-state index contributed by atoms with van der Waals surface area (Å²) in [7, 11) is 0. The zero-order valence-electron chi connectivity index (χ0n) is 16.7. The summed E-state index contributed by atoms with van der Waals surface area (Å²) < 4.78 is 10.4. The van der Waals surface area contributed by atoms with E-state index in [0.29, 0.717) is 31.7 Å². The summed E-state index contributed by atoms with van der Waals surface area (Å²) in [5.74, 6) is 0.377. The number of ether oxygens (including phenoxy) is 2. The van der Waals surface area contributed by atoms with Crippen LogP contribution in [0.3, 0.4) is 0 Å². The lowest BCUT2D eigenvalue weighted by molar-refractivity contribution is -0.121. The lowest BCUT2D eigenvalue weighted by Gasteiger charge is -2.31. The van der Waals surface area contributed by atoms with Gasteiger partial charge in [0, 0.05) is 32.1 Å². The van der Waals surface area contributed by atoms with Crippen LogP contribution in [0.1, 0.15) is 40.0 Å². The Morgan fingerprint density at radius 1 is 1.11 bits per heavy atom. The summed E-state index contributed by atoms with van der Waals surface area (Å²) in [5.41, 5.74) is -0.567. The van der Waals surface area contributed by atoms with Crippen molar-refractivity contribution in [2.75, 3.05) is 19.6 Å². The molecule has 2 rings (SSSR count). The molecule has 0 unspecified atom stereocenters. The topological polar surface area (TPSA) is 97.0 Å². The zero-order valence-corrected chi connectivity index (χ0v) is 16.7. The van der Waals surface area contributed by atoms with Gasteiger partial charge in [0.25, 0.3) is 0 Å². The number of carbonyl (C=O) groups is 3. The van der Waals surface area contributed by atoms with Gasteiger partial charge >= 0.3 is 12.2 Å². The van der Waals surface area contributed by atoms with Crippen LogP contribution < -0.4 is 15.4 Å². The first-order valence-electron chi connectivity index (χ1n) is 9.51. The van der Waals surface area contributed by atoms with Crippen molar-refractivity contribution in [3.05, 3.63) is 30.3 Å². The van der Waals surface area contributed by atoms with E-state index in [0.717, 1.165) is 0 Å². The maximum absolute atomic E-state index is 12.2. The maximum atomic E-state index is 12.2. The minimum absolute atomic E-state index is 0.00908. The van der Waals surface area contributed by atoms with Crippen LogP contribution in [0.4, 0.5) is 9.59 Å². The van der Waals surface area contributed by atoms with Crippen LogP contribution in [-0.2, 0) is 9.53 Å². The number of nitrogens with one attached hydrogen (secondary N) is 2. The molecular formula is C20H29N3O5. The van der Waals surface area contributed by atoms with E-state index in [1.54, 1.807) is 37.8 Å². The predicted molar refractivity (Wildman–Crippen MR) is 104 cm³/mol. The summed E-state index contributed by atoms with van der Waals surface area (Å²) in [6.45, 7) is 6.59. The van der Waals surface area contributed by atoms with Gasteiger partial charge in [-0.05, 0) is 45.7 Å². The molecule has 0 radical (unpaired) electrons. The fourth-order valence-corrected chi connectivity index (χ4v) is 2.75. The number of benzene rings is 1. The maximum Gasteiger partial charge on any atom is 0.415 e. The molecular weight excluding hydrogens is 362 g/mol. The van der Waals surface area contributed by atoms with Gasteiger partial charge in [0.1, 0.15) is 11.4 Å². The second-order valence-corrected chi connectivity index (χ2v) is 7.69. The highest BCUT2D eigenvalue weighted by molar-refractivity contribution is 5.77. The summed E-state index contributed by atoms with van der Waals surface area (Å²) in [5, 5.41) is 5.50. The van der Waals surface area contributed by atoms with Gasteiger partial charge in [0.05, 0.1) is 0 Å². The Morgan fingerprint density at radius 2 is 1.75 bits per heavy atom. The molecule has 28 heavy (non-hydrogen) atoms. The van der Waals surface area contributed by atoms with E-state index >= 15 is 0 Å². The van der Waals surface area contributed by atoms with Crippen LogP contribution in [0.25, 0.3) is 0 Å². The smallest absolute Gasteiger partial charge is 0.415 e. The van der Waals surface area contributed by atoms with Gasteiger partial charge in [-0.1, -0.05) is 18.2 Å². The number of hydrogen-bond donors (Lipinski definition) is 2. The molecule has 0 aliphatic carbocycles. The van der Waals surface area contributed by atoms with Crippen molar-refractivity contribution in [1.82, 2.24) is 15.5 Å². The minimum Gasteiger partial charge on any atom is -0.444 e.